The Balaban J connectivity index is 2.03. The van der Waals surface area contributed by atoms with E-state index in [2.05, 4.69) is 11.4 Å². The van der Waals surface area contributed by atoms with Crippen molar-refractivity contribution in [2.75, 3.05) is 0 Å². The number of rotatable bonds is 4. The van der Waals surface area contributed by atoms with Crippen LogP contribution in [0.15, 0.2) is 24.3 Å². The van der Waals surface area contributed by atoms with E-state index in [1.807, 2.05) is 0 Å². The van der Waals surface area contributed by atoms with Crippen LogP contribution < -0.4 is 5.32 Å². The standard InChI is InChI=1S/C16H19ClN2O2/c1-11(14(20)12-4-6-13(17)7-5-12)19-15(21)16(10-18)8-2-3-9-16/h4-7,11,14,20H,2-3,8-9H2,1H3,(H,19,21). The molecule has 2 N–H and O–H groups in total. The number of carbonyl (C=O) groups is 1. The lowest BCUT2D eigenvalue weighted by molar-refractivity contribution is -0.129. The second kappa shape index (κ2) is 6.46. The third kappa shape index (κ3) is 3.37. The molecule has 1 saturated carbocycles. The van der Waals surface area contributed by atoms with E-state index in [0.29, 0.717) is 23.4 Å². The summed E-state index contributed by atoms with van der Waals surface area (Å²) in [5.41, 5.74) is -0.238. The fraction of sp³-hybridized carbons (Fsp3) is 0.500. The molecule has 1 aromatic rings. The molecule has 2 rings (SSSR count). The maximum Gasteiger partial charge on any atom is 0.240 e. The number of nitrogens with zero attached hydrogens (tertiary/aromatic N) is 1. The Bertz CT molecular complexity index is 544. The summed E-state index contributed by atoms with van der Waals surface area (Å²) in [4.78, 5) is 12.3. The lowest BCUT2D eigenvalue weighted by Crippen LogP contribution is -2.45. The Morgan fingerprint density at radius 3 is 2.48 bits per heavy atom. The number of halogens is 1. The van der Waals surface area contributed by atoms with Crippen LogP contribution in [0.5, 0.6) is 0 Å². The van der Waals surface area contributed by atoms with Crippen molar-refractivity contribution in [1.82, 2.24) is 5.32 Å². The normalized spacial score (nSPS) is 19.5. The van der Waals surface area contributed by atoms with Crippen molar-refractivity contribution < 1.29 is 9.90 Å². The number of hydrogen-bond donors (Lipinski definition) is 2. The van der Waals surface area contributed by atoms with Crippen LogP contribution in [-0.2, 0) is 4.79 Å². The first kappa shape index (κ1) is 15.8. The Labute approximate surface area is 129 Å². The fourth-order valence-electron chi connectivity index (χ4n) is 2.74. The van der Waals surface area contributed by atoms with Crippen molar-refractivity contribution in [3.05, 3.63) is 34.9 Å². The smallest absolute Gasteiger partial charge is 0.240 e. The maximum absolute atomic E-state index is 12.3. The van der Waals surface area contributed by atoms with Crippen LogP contribution in [0.25, 0.3) is 0 Å². The largest absolute Gasteiger partial charge is 0.386 e. The number of aliphatic hydroxyl groups is 1. The van der Waals surface area contributed by atoms with E-state index in [-0.39, 0.29) is 5.91 Å². The molecule has 2 atom stereocenters. The number of hydrogen-bond acceptors (Lipinski definition) is 3. The van der Waals surface area contributed by atoms with Crippen molar-refractivity contribution in [3.63, 3.8) is 0 Å². The van der Waals surface area contributed by atoms with Gasteiger partial charge in [-0.2, -0.15) is 5.26 Å². The highest BCUT2D eigenvalue weighted by Crippen LogP contribution is 2.38. The van der Waals surface area contributed by atoms with Crippen molar-refractivity contribution in [1.29, 1.82) is 5.26 Å². The van der Waals surface area contributed by atoms with Gasteiger partial charge in [0.2, 0.25) is 5.91 Å². The molecule has 5 heteroatoms. The zero-order valence-corrected chi connectivity index (χ0v) is 12.7. The predicted octanol–water partition coefficient (Wildman–Crippen LogP) is 2.96. The number of amides is 1. The zero-order chi connectivity index (χ0) is 15.5. The van der Waals surface area contributed by atoms with Crippen LogP contribution in [-0.4, -0.2) is 17.1 Å². The van der Waals surface area contributed by atoms with Gasteiger partial charge >= 0.3 is 0 Å². The minimum Gasteiger partial charge on any atom is -0.386 e. The maximum atomic E-state index is 12.3. The molecule has 0 aliphatic heterocycles. The lowest BCUT2D eigenvalue weighted by atomic mass is 9.86. The summed E-state index contributed by atoms with van der Waals surface area (Å²) in [5, 5.41) is 23.0. The van der Waals surface area contributed by atoms with Gasteiger partial charge in [0.1, 0.15) is 5.41 Å². The Hall–Kier alpha value is -1.57. The summed E-state index contributed by atoms with van der Waals surface area (Å²) in [7, 11) is 0. The first-order valence-electron chi connectivity index (χ1n) is 7.14. The van der Waals surface area contributed by atoms with Crippen LogP contribution in [0.1, 0.15) is 44.3 Å². The van der Waals surface area contributed by atoms with Gasteiger partial charge in [0, 0.05) is 5.02 Å². The molecular weight excluding hydrogens is 288 g/mol. The number of nitrogens with one attached hydrogen (secondary N) is 1. The summed E-state index contributed by atoms with van der Waals surface area (Å²) in [6, 6.07) is 8.54. The van der Waals surface area contributed by atoms with Crippen LogP contribution in [0.2, 0.25) is 5.02 Å². The average Bonchev–Trinajstić information content (AvgIpc) is 2.97. The van der Waals surface area contributed by atoms with Crippen LogP contribution in [0.3, 0.4) is 0 Å². The van der Waals surface area contributed by atoms with E-state index in [4.69, 9.17) is 11.6 Å². The van der Waals surface area contributed by atoms with E-state index in [0.717, 1.165) is 12.8 Å². The van der Waals surface area contributed by atoms with E-state index in [1.165, 1.54) is 0 Å². The summed E-state index contributed by atoms with van der Waals surface area (Å²) in [6.45, 7) is 1.73. The first-order valence-corrected chi connectivity index (χ1v) is 7.52. The number of carbonyl (C=O) groups excluding carboxylic acids is 1. The van der Waals surface area contributed by atoms with E-state index in [9.17, 15) is 15.2 Å². The number of aliphatic hydroxyl groups excluding tert-OH is 1. The summed E-state index contributed by atoms with van der Waals surface area (Å²) < 4.78 is 0. The number of nitriles is 1. The van der Waals surface area contributed by atoms with Crippen LogP contribution in [0, 0.1) is 16.7 Å². The van der Waals surface area contributed by atoms with Gasteiger partial charge in [-0.25, -0.2) is 0 Å². The molecular formula is C16H19ClN2O2. The Morgan fingerprint density at radius 1 is 1.38 bits per heavy atom. The summed E-state index contributed by atoms with van der Waals surface area (Å²) in [6.07, 6.45) is 2.16. The lowest BCUT2D eigenvalue weighted by Gasteiger charge is -2.25. The Morgan fingerprint density at radius 2 is 1.95 bits per heavy atom. The molecule has 1 aliphatic carbocycles. The molecule has 0 heterocycles. The molecule has 2 unspecified atom stereocenters. The van der Waals surface area contributed by atoms with Gasteiger partial charge in [0.25, 0.3) is 0 Å². The molecule has 0 saturated heterocycles. The van der Waals surface area contributed by atoms with Crippen molar-refractivity contribution in [2.24, 2.45) is 5.41 Å². The molecule has 1 aliphatic rings. The molecule has 0 spiro atoms. The molecule has 112 valence electrons. The van der Waals surface area contributed by atoms with Gasteiger partial charge in [-0.3, -0.25) is 4.79 Å². The summed E-state index contributed by atoms with van der Waals surface area (Å²) >= 11 is 5.82. The molecule has 4 nitrogen and oxygen atoms in total. The predicted molar refractivity (Wildman–Crippen MR) is 80.5 cm³/mol. The third-order valence-corrected chi connectivity index (χ3v) is 4.40. The van der Waals surface area contributed by atoms with Gasteiger partial charge in [-0.15, -0.1) is 0 Å². The summed E-state index contributed by atoms with van der Waals surface area (Å²) in [5.74, 6) is -0.275. The minimum absolute atomic E-state index is 0.275. The van der Waals surface area contributed by atoms with Crippen molar-refractivity contribution in [2.45, 2.75) is 44.8 Å². The van der Waals surface area contributed by atoms with Gasteiger partial charge in [-0.1, -0.05) is 36.6 Å². The zero-order valence-electron chi connectivity index (χ0n) is 12.0. The molecule has 1 amide bonds. The highest BCUT2D eigenvalue weighted by atomic mass is 35.5. The highest BCUT2D eigenvalue weighted by Gasteiger charge is 2.42. The van der Waals surface area contributed by atoms with Crippen LogP contribution in [0.4, 0.5) is 0 Å². The second-order valence-corrected chi connectivity index (χ2v) is 6.10. The van der Waals surface area contributed by atoms with Crippen molar-refractivity contribution in [3.8, 4) is 6.07 Å². The van der Waals surface area contributed by atoms with Gasteiger partial charge in [0.05, 0.1) is 18.2 Å². The minimum atomic E-state index is -0.923. The van der Waals surface area contributed by atoms with E-state index < -0.39 is 17.6 Å². The molecule has 1 aromatic carbocycles. The SMILES string of the molecule is CC(NC(=O)C1(C#N)CCCC1)C(O)c1ccc(Cl)cc1. The van der Waals surface area contributed by atoms with E-state index in [1.54, 1.807) is 31.2 Å². The fourth-order valence-corrected chi connectivity index (χ4v) is 2.87. The second-order valence-electron chi connectivity index (χ2n) is 5.66. The van der Waals surface area contributed by atoms with Gasteiger partial charge < -0.3 is 10.4 Å². The third-order valence-electron chi connectivity index (χ3n) is 4.15. The highest BCUT2D eigenvalue weighted by molar-refractivity contribution is 6.30. The van der Waals surface area contributed by atoms with Gasteiger partial charge in [0.15, 0.2) is 0 Å². The topological polar surface area (TPSA) is 73.1 Å². The molecule has 21 heavy (non-hydrogen) atoms. The molecule has 0 bridgehead atoms. The number of benzene rings is 1. The molecule has 0 radical (unpaired) electrons. The first-order chi connectivity index (χ1) is 9.98. The van der Waals surface area contributed by atoms with Gasteiger partial charge in [-0.05, 0) is 37.5 Å². The quantitative estimate of drug-likeness (QED) is 0.898. The van der Waals surface area contributed by atoms with Crippen LogP contribution >= 0.6 is 11.6 Å². The molecule has 0 aromatic heterocycles. The Kier molecular flexibility index (Phi) is 4.87. The monoisotopic (exact) mass is 306 g/mol. The van der Waals surface area contributed by atoms with E-state index >= 15 is 0 Å². The average molecular weight is 307 g/mol. The molecule has 1 fully saturated rings. The van der Waals surface area contributed by atoms with Crippen molar-refractivity contribution >= 4 is 17.5 Å².